The summed E-state index contributed by atoms with van der Waals surface area (Å²) in [4.78, 5) is 27.9. The molecule has 0 saturated carbocycles. The lowest BCUT2D eigenvalue weighted by atomic mass is 10.1. The highest BCUT2D eigenvalue weighted by Gasteiger charge is 2.29. The fraction of sp³-hybridized carbons (Fsp3) is 0.462. The van der Waals surface area contributed by atoms with Crippen molar-refractivity contribution in [2.24, 2.45) is 0 Å². The van der Waals surface area contributed by atoms with E-state index in [4.69, 9.17) is 27.9 Å². The molecular formula is C26H34Cl2N2O3. The van der Waals surface area contributed by atoms with Crippen molar-refractivity contribution in [1.82, 2.24) is 10.2 Å². The summed E-state index contributed by atoms with van der Waals surface area (Å²) < 4.78 is 5.76. The number of rotatable bonds is 12. The van der Waals surface area contributed by atoms with Crippen LogP contribution in [0.3, 0.4) is 0 Å². The smallest absolute Gasteiger partial charge is 0.243 e. The van der Waals surface area contributed by atoms with Crippen molar-refractivity contribution in [3.8, 4) is 5.75 Å². The quantitative estimate of drug-likeness (QED) is 0.359. The van der Waals surface area contributed by atoms with Crippen LogP contribution in [0.5, 0.6) is 5.75 Å². The molecule has 33 heavy (non-hydrogen) atoms. The summed E-state index contributed by atoms with van der Waals surface area (Å²) in [7, 11) is 0. The topological polar surface area (TPSA) is 58.6 Å². The van der Waals surface area contributed by atoms with Crippen LogP contribution in [0, 0.1) is 6.92 Å². The van der Waals surface area contributed by atoms with Gasteiger partial charge in [-0.2, -0.15) is 0 Å². The molecule has 5 nitrogen and oxygen atoms in total. The van der Waals surface area contributed by atoms with Crippen LogP contribution >= 0.6 is 23.2 Å². The Hall–Kier alpha value is -2.24. The Morgan fingerprint density at radius 2 is 1.76 bits per heavy atom. The van der Waals surface area contributed by atoms with E-state index in [1.54, 1.807) is 23.1 Å². The zero-order chi connectivity index (χ0) is 24.4. The van der Waals surface area contributed by atoms with E-state index in [0.717, 1.165) is 23.3 Å². The number of halogens is 2. The molecule has 0 aromatic heterocycles. The second-order valence-corrected chi connectivity index (χ2v) is 9.11. The number of hydrogen-bond acceptors (Lipinski definition) is 3. The van der Waals surface area contributed by atoms with Crippen LogP contribution in [-0.2, 0) is 16.1 Å². The minimum absolute atomic E-state index is 0.0329. The number of ether oxygens (including phenoxy) is 1. The van der Waals surface area contributed by atoms with Gasteiger partial charge in [-0.15, -0.1) is 0 Å². The van der Waals surface area contributed by atoms with Crippen LogP contribution < -0.4 is 10.1 Å². The zero-order valence-electron chi connectivity index (χ0n) is 19.9. The van der Waals surface area contributed by atoms with Gasteiger partial charge in [-0.05, 0) is 62.9 Å². The van der Waals surface area contributed by atoms with E-state index < -0.39 is 6.04 Å². The standard InChI is InChI=1S/C26H34Cl2N2O3/c1-5-19(4)29-26(32)24(6-2)30(17-20-11-12-21(27)16-23(20)28)25(31)8-7-15-33-22-13-9-18(3)10-14-22/h9-14,16,19,24H,5-8,15,17H2,1-4H3,(H,29,32)/t19-,24+/m0/s1. The summed E-state index contributed by atoms with van der Waals surface area (Å²) in [6.45, 7) is 8.54. The molecule has 2 atom stereocenters. The first-order valence-electron chi connectivity index (χ1n) is 11.5. The zero-order valence-corrected chi connectivity index (χ0v) is 21.4. The molecular weight excluding hydrogens is 459 g/mol. The predicted octanol–water partition coefficient (Wildman–Crippen LogP) is 6.18. The average Bonchev–Trinajstić information content (AvgIpc) is 2.78. The molecule has 0 aliphatic heterocycles. The minimum Gasteiger partial charge on any atom is -0.494 e. The average molecular weight is 493 g/mol. The highest BCUT2D eigenvalue weighted by molar-refractivity contribution is 6.35. The Bertz CT molecular complexity index is 918. The van der Waals surface area contributed by atoms with Gasteiger partial charge in [0.25, 0.3) is 0 Å². The van der Waals surface area contributed by atoms with Crippen LogP contribution in [0.1, 0.15) is 57.6 Å². The summed E-state index contributed by atoms with van der Waals surface area (Å²) in [5.74, 6) is 0.512. The summed E-state index contributed by atoms with van der Waals surface area (Å²) in [6, 6.07) is 12.4. The predicted molar refractivity (Wildman–Crippen MR) is 135 cm³/mol. The van der Waals surface area contributed by atoms with Gasteiger partial charge in [-0.25, -0.2) is 0 Å². The Balaban J connectivity index is 2.10. The van der Waals surface area contributed by atoms with Crippen molar-refractivity contribution in [3.63, 3.8) is 0 Å². The van der Waals surface area contributed by atoms with Gasteiger partial charge in [-0.1, -0.05) is 60.8 Å². The molecule has 0 aliphatic carbocycles. The van der Waals surface area contributed by atoms with Crippen LogP contribution in [0.15, 0.2) is 42.5 Å². The Morgan fingerprint density at radius 3 is 2.36 bits per heavy atom. The number of carbonyl (C=O) groups excluding carboxylic acids is 2. The van der Waals surface area contributed by atoms with E-state index in [2.05, 4.69) is 5.32 Å². The monoisotopic (exact) mass is 492 g/mol. The number of hydrogen-bond donors (Lipinski definition) is 1. The molecule has 0 spiro atoms. The first-order valence-corrected chi connectivity index (χ1v) is 12.2. The molecule has 180 valence electrons. The van der Waals surface area contributed by atoms with Crippen LogP contribution in [0.2, 0.25) is 10.0 Å². The first kappa shape index (κ1) is 27.0. The second kappa shape index (κ2) is 13.5. The van der Waals surface area contributed by atoms with Crippen molar-refractivity contribution < 1.29 is 14.3 Å². The van der Waals surface area contributed by atoms with Gasteiger partial charge < -0.3 is 15.0 Å². The number of benzene rings is 2. The maximum Gasteiger partial charge on any atom is 0.243 e. The lowest BCUT2D eigenvalue weighted by molar-refractivity contribution is -0.141. The third-order valence-electron chi connectivity index (χ3n) is 5.57. The van der Waals surface area contributed by atoms with Crippen molar-refractivity contribution in [2.75, 3.05) is 6.61 Å². The number of nitrogens with one attached hydrogen (secondary N) is 1. The van der Waals surface area contributed by atoms with E-state index in [1.165, 1.54) is 0 Å². The van der Waals surface area contributed by atoms with Gasteiger partial charge in [0.1, 0.15) is 11.8 Å². The maximum absolute atomic E-state index is 13.3. The van der Waals surface area contributed by atoms with Gasteiger partial charge in [0.15, 0.2) is 0 Å². The van der Waals surface area contributed by atoms with Crippen molar-refractivity contribution in [3.05, 3.63) is 63.6 Å². The highest BCUT2D eigenvalue weighted by atomic mass is 35.5. The number of amides is 2. The van der Waals surface area contributed by atoms with Gasteiger partial charge in [-0.3, -0.25) is 9.59 Å². The van der Waals surface area contributed by atoms with Crippen molar-refractivity contribution >= 4 is 35.0 Å². The summed E-state index contributed by atoms with van der Waals surface area (Å²) in [6.07, 6.45) is 2.12. The van der Waals surface area contributed by atoms with Crippen molar-refractivity contribution in [1.29, 1.82) is 0 Å². The molecule has 0 aliphatic rings. The van der Waals surface area contributed by atoms with Crippen LogP contribution in [-0.4, -0.2) is 35.4 Å². The van der Waals surface area contributed by atoms with E-state index >= 15 is 0 Å². The van der Waals surface area contributed by atoms with Crippen LogP contribution in [0.25, 0.3) is 0 Å². The SMILES string of the molecule is CC[C@H](C(=O)N[C@@H](C)CC)N(Cc1ccc(Cl)cc1Cl)C(=O)CCCOc1ccc(C)cc1. The summed E-state index contributed by atoms with van der Waals surface area (Å²) in [5, 5.41) is 4.00. The molecule has 2 aromatic carbocycles. The molecule has 2 aromatic rings. The molecule has 1 N–H and O–H groups in total. The molecule has 2 amide bonds. The largest absolute Gasteiger partial charge is 0.494 e. The summed E-state index contributed by atoms with van der Waals surface area (Å²) >= 11 is 12.4. The van der Waals surface area contributed by atoms with Gasteiger partial charge in [0.05, 0.1) is 6.61 Å². The van der Waals surface area contributed by atoms with E-state index in [1.807, 2.05) is 52.0 Å². The van der Waals surface area contributed by atoms with Crippen molar-refractivity contribution in [2.45, 2.75) is 72.0 Å². The van der Waals surface area contributed by atoms with E-state index in [0.29, 0.717) is 29.5 Å². The van der Waals surface area contributed by atoms with Gasteiger partial charge in [0, 0.05) is 29.1 Å². The minimum atomic E-state index is -0.587. The number of carbonyl (C=O) groups is 2. The Morgan fingerprint density at radius 1 is 1.06 bits per heavy atom. The van der Waals surface area contributed by atoms with E-state index in [9.17, 15) is 9.59 Å². The molecule has 0 radical (unpaired) electrons. The molecule has 0 saturated heterocycles. The number of aryl methyl sites for hydroxylation is 1. The molecule has 0 fully saturated rings. The maximum atomic E-state index is 13.3. The fourth-order valence-corrected chi connectivity index (χ4v) is 3.85. The molecule has 0 bridgehead atoms. The molecule has 2 rings (SSSR count). The lowest BCUT2D eigenvalue weighted by Crippen LogP contribution is -2.50. The first-order chi connectivity index (χ1) is 15.7. The Kier molecular flexibility index (Phi) is 11.0. The van der Waals surface area contributed by atoms with Gasteiger partial charge >= 0.3 is 0 Å². The normalized spacial score (nSPS) is 12.7. The lowest BCUT2D eigenvalue weighted by Gasteiger charge is -2.32. The third kappa shape index (κ3) is 8.56. The second-order valence-electron chi connectivity index (χ2n) is 8.26. The highest BCUT2D eigenvalue weighted by Crippen LogP contribution is 2.24. The fourth-order valence-electron chi connectivity index (χ4n) is 3.39. The van der Waals surface area contributed by atoms with E-state index in [-0.39, 0.29) is 30.8 Å². The molecule has 0 unspecified atom stereocenters. The third-order valence-corrected chi connectivity index (χ3v) is 6.15. The molecule has 7 heteroatoms. The summed E-state index contributed by atoms with van der Waals surface area (Å²) in [5.41, 5.74) is 1.91. The number of nitrogens with zero attached hydrogens (tertiary/aromatic N) is 1. The molecule has 0 heterocycles. The van der Waals surface area contributed by atoms with Crippen LogP contribution in [0.4, 0.5) is 0 Å². The Labute approximate surface area is 207 Å². The van der Waals surface area contributed by atoms with Gasteiger partial charge in [0.2, 0.25) is 11.8 Å².